The fourth-order valence-corrected chi connectivity index (χ4v) is 4.31. The van der Waals surface area contributed by atoms with Gasteiger partial charge in [0.15, 0.2) is 11.4 Å². The lowest BCUT2D eigenvalue weighted by Gasteiger charge is -2.37. The average Bonchev–Trinajstić information content (AvgIpc) is 3.00. The minimum Gasteiger partial charge on any atom is -0.465 e. The summed E-state index contributed by atoms with van der Waals surface area (Å²) in [5.41, 5.74) is -0.687. The van der Waals surface area contributed by atoms with Gasteiger partial charge in [0.05, 0.1) is 23.3 Å². The number of hydrogen-bond donors (Lipinski definition) is 1. The fourth-order valence-electron chi connectivity index (χ4n) is 3.96. The van der Waals surface area contributed by atoms with Crippen molar-refractivity contribution in [3.8, 4) is 0 Å². The highest BCUT2D eigenvalue weighted by molar-refractivity contribution is 6.45. The molecule has 3 rings (SSSR count). The van der Waals surface area contributed by atoms with Crippen molar-refractivity contribution in [3.05, 3.63) is 46.4 Å². The van der Waals surface area contributed by atoms with E-state index in [1.807, 2.05) is 12.2 Å². The molecule has 0 spiro atoms. The summed E-state index contributed by atoms with van der Waals surface area (Å²) in [4.78, 5) is 38.8. The Morgan fingerprint density at radius 3 is 2.60 bits per heavy atom. The van der Waals surface area contributed by atoms with Crippen LogP contribution in [0.1, 0.15) is 41.0 Å². The zero-order chi connectivity index (χ0) is 22.4. The van der Waals surface area contributed by atoms with E-state index in [-0.39, 0.29) is 5.03 Å². The molecule has 6 nitrogen and oxygen atoms in total. The quantitative estimate of drug-likeness (QED) is 0.507. The first kappa shape index (κ1) is 22.5. The highest BCUT2D eigenvalue weighted by Gasteiger charge is 2.64. The summed E-state index contributed by atoms with van der Waals surface area (Å²) in [5, 5.41) is 9.80. The zero-order valence-electron chi connectivity index (χ0n) is 17.8. The Balaban J connectivity index is 2.05. The van der Waals surface area contributed by atoms with Crippen molar-refractivity contribution in [2.24, 2.45) is 23.7 Å². The lowest BCUT2D eigenvalue weighted by Crippen LogP contribution is -2.48. The summed E-state index contributed by atoms with van der Waals surface area (Å²) in [5.74, 6) is -3.83. The molecule has 2 aliphatic heterocycles. The molecule has 3 aliphatic rings. The molecule has 162 valence electrons. The van der Waals surface area contributed by atoms with Crippen molar-refractivity contribution < 1.29 is 29.0 Å². The topological polar surface area (TPSA) is 89.9 Å². The standard InChI is InChI=1S/C23H27ClO6/c1-6-11(2)7-8-14-9-15-16(10-29-14)18-17(20(26)12(3)13(4)25)22(28)30-23(18,5)21(27)19(15)24/h7-13,17-18,25H,6H2,1-5H3/b8-7+/t11-,12-,13+,17?,18?,23-/m0/s1. The number of ketones is 2. The second-order valence-corrected chi connectivity index (χ2v) is 8.83. The summed E-state index contributed by atoms with van der Waals surface area (Å²) >= 11 is 6.39. The van der Waals surface area contributed by atoms with Crippen molar-refractivity contribution in [2.45, 2.75) is 52.7 Å². The largest absolute Gasteiger partial charge is 0.465 e. The van der Waals surface area contributed by atoms with E-state index in [2.05, 4.69) is 13.8 Å². The van der Waals surface area contributed by atoms with Gasteiger partial charge in [-0.2, -0.15) is 0 Å². The maximum Gasteiger partial charge on any atom is 0.318 e. The van der Waals surface area contributed by atoms with Crippen LogP contribution in [0.4, 0.5) is 0 Å². The second kappa shape index (κ2) is 8.16. The molecule has 0 saturated carbocycles. The molecule has 0 amide bonds. The van der Waals surface area contributed by atoms with E-state index < -0.39 is 47.0 Å². The molecule has 1 fully saturated rings. The lowest BCUT2D eigenvalue weighted by molar-refractivity contribution is -0.157. The SMILES string of the molecule is CC[C@H](C)/C=C/C1=CC2=C(Cl)C(=O)[C@@]3(C)OC(=O)C(C(=O)[C@@H](C)[C@@H](C)O)C3C2=CO1. The van der Waals surface area contributed by atoms with Crippen LogP contribution in [0.3, 0.4) is 0 Å². The third-order valence-corrected chi connectivity index (χ3v) is 6.72. The Kier molecular flexibility index (Phi) is 6.12. The van der Waals surface area contributed by atoms with Crippen LogP contribution in [0.15, 0.2) is 46.4 Å². The molecule has 0 aromatic rings. The number of aliphatic hydroxyl groups is 1. The van der Waals surface area contributed by atoms with Crippen molar-refractivity contribution in [1.29, 1.82) is 0 Å². The van der Waals surface area contributed by atoms with Gasteiger partial charge in [0.2, 0.25) is 5.78 Å². The maximum absolute atomic E-state index is 13.1. The number of aliphatic hydroxyl groups excluding tert-OH is 1. The zero-order valence-corrected chi connectivity index (χ0v) is 18.5. The van der Waals surface area contributed by atoms with Crippen LogP contribution < -0.4 is 0 Å². The van der Waals surface area contributed by atoms with E-state index in [0.717, 1.165) is 6.42 Å². The van der Waals surface area contributed by atoms with Gasteiger partial charge in [-0.3, -0.25) is 14.4 Å². The van der Waals surface area contributed by atoms with Crippen molar-refractivity contribution in [2.75, 3.05) is 0 Å². The summed E-state index contributed by atoms with van der Waals surface area (Å²) in [6, 6.07) is 0. The molecule has 30 heavy (non-hydrogen) atoms. The van der Waals surface area contributed by atoms with E-state index in [4.69, 9.17) is 21.1 Å². The van der Waals surface area contributed by atoms with Gasteiger partial charge in [-0.25, -0.2) is 0 Å². The first-order chi connectivity index (χ1) is 14.0. The minimum absolute atomic E-state index is 0.0535. The summed E-state index contributed by atoms with van der Waals surface area (Å²) in [6.07, 6.45) is 6.93. The van der Waals surface area contributed by atoms with Crippen LogP contribution in [0.25, 0.3) is 0 Å². The number of rotatable bonds is 6. The Bertz CT molecular complexity index is 909. The van der Waals surface area contributed by atoms with Gasteiger partial charge < -0.3 is 14.6 Å². The lowest BCUT2D eigenvalue weighted by atomic mass is 9.66. The van der Waals surface area contributed by atoms with Gasteiger partial charge in [-0.05, 0) is 31.9 Å². The van der Waals surface area contributed by atoms with Crippen LogP contribution in [0.2, 0.25) is 0 Å². The van der Waals surface area contributed by atoms with E-state index >= 15 is 0 Å². The van der Waals surface area contributed by atoms with Crippen molar-refractivity contribution in [1.82, 2.24) is 0 Å². The van der Waals surface area contributed by atoms with Gasteiger partial charge in [-0.15, -0.1) is 0 Å². The molecule has 1 aliphatic carbocycles. The molecule has 2 unspecified atom stereocenters. The predicted octanol–water partition coefficient (Wildman–Crippen LogP) is 3.60. The highest BCUT2D eigenvalue weighted by Crippen LogP contribution is 2.52. The summed E-state index contributed by atoms with van der Waals surface area (Å²) in [6.45, 7) is 8.65. The van der Waals surface area contributed by atoms with Gasteiger partial charge in [0.25, 0.3) is 0 Å². The number of hydrogen-bond acceptors (Lipinski definition) is 6. The first-order valence-corrected chi connectivity index (χ1v) is 10.6. The smallest absolute Gasteiger partial charge is 0.318 e. The number of ether oxygens (including phenoxy) is 2. The molecule has 0 radical (unpaired) electrons. The van der Waals surface area contributed by atoms with E-state index in [1.54, 1.807) is 13.0 Å². The van der Waals surface area contributed by atoms with Crippen LogP contribution >= 0.6 is 11.6 Å². The number of Topliss-reactive ketones (excluding diaryl/α,β-unsaturated/α-hetero) is 2. The summed E-state index contributed by atoms with van der Waals surface area (Å²) < 4.78 is 11.2. The highest BCUT2D eigenvalue weighted by atomic mass is 35.5. The van der Waals surface area contributed by atoms with Crippen molar-refractivity contribution in [3.63, 3.8) is 0 Å². The Hall–Kier alpha value is -2.18. The number of allylic oxidation sites excluding steroid dienone is 4. The molecule has 1 N–H and O–H groups in total. The molecule has 2 heterocycles. The molecule has 0 aromatic carbocycles. The van der Waals surface area contributed by atoms with Gasteiger partial charge >= 0.3 is 5.97 Å². The van der Waals surface area contributed by atoms with Gasteiger partial charge in [-0.1, -0.05) is 44.9 Å². The first-order valence-electron chi connectivity index (χ1n) is 10.2. The number of carbonyl (C=O) groups is 3. The third-order valence-electron chi connectivity index (χ3n) is 6.35. The Labute approximate surface area is 181 Å². The average molecular weight is 435 g/mol. The number of halogens is 1. The molecule has 0 bridgehead atoms. The monoisotopic (exact) mass is 434 g/mol. The number of carbonyl (C=O) groups excluding carboxylic acids is 3. The molecule has 0 aromatic heterocycles. The normalized spacial score (nSPS) is 31.3. The summed E-state index contributed by atoms with van der Waals surface area (Å²) in [7, 11) is 0. The van der Waals surface area contributed by atoms with Crippen LogP contribution in [0.5, 0.6) is 0 Å². The van der Waals surface area contributed by atoms with Crippen LogP contribution in [-0.2, 0) is 23.9 Å². The van der Waals surface area contributed by atoms with E-state index in [1.165, 1.54) is 20.1 Å². The van der Waals surface area contributed by atoms with Gasteiger partial charge in [0, 0.05) is 17.1 Å². The Morgan fingerprint density at radius 1 is 1.33 bits per heavy atom. The van der Waals surface area contributed by atoms with Crippen LogP contribution in [0, 0.1) is 23.7 Å². The van der Waals surface area contributed by atoms with Crippen LogP contribution in [-0.4, -0.2) is 34.3 Å². The fraction of sp³-hybridized carbons (Fsp3) is 0.522. The molecular formula is C23H27ClO6. The molecule has 6 atom stereocenters. The minimum atomic E-state index is -1.59. The number of fused-ring (bicyclic) bond motifs is 3. The molecular weight excluding hydrogens is 408 g/mol. The van der Waals surface area contributed by atoms with Gasteiger partial charge in [0.1, 0.15) is 11.7 Å². The third kappa shape index (κ3) is 3.56. The second-order valence-electron chi connectivity index (χ2n) is 8.45. The predicted molar refractivity (Wildman–Crippen MR) is 111 cm³/mol. The Morgan fingerprint density at radius 2 is 2.00 bits per heavy atom. The maximum atomic E-state index is 13.1. The van der Waals surface area contributed by atoms with Crippen molar-refractivity contribution >= 4 is 29.1 Å². The van der Waals surface area contributed by atoms with E-state index in [0.29, 0.717) is 22.8 Å². The molecule has 7 heteroatoms. The number of esters is 1. The van der Waals surface area contributed by atoms with E-state index in [9.17, 15) is 19.5 Å². The molecule has 1 saturated heterocycles.